The number of methoxy groups -OCH3 is 1. The average molecular weight is 473 g/mol. The molecule has 4 atom stereocenters. The van der Waals surface area contributed by atoms with Crippen LogP contribution in [0.3, 0.4) is 0 Å². The van der Waals surface area contributed by atoms with E-state index in [0.717, 1.165) is 16.0 Å². The maximum Gasteiger partial charge on any atom is 0.316 e. The third-order valence-electron chi connectivity index (χ3n) is 5.62. The van der Waals surface area contributed by atoms with Gasteiger partial charge in [-0.3, -0.25) is 13.8 Å². The highest BCUT2D eigenvalue weighted by Crippen LogP contribution is 2.39. The minimum atomic E-state index is -1.73. The van der Waals surface area contributed by atoms with E-state index in [1.165, 1.54) is 7.11 Å². The number of aryl methyl sites for hydroxylation is 1. The van der Waals surface area contributed by atoms with E-state index in [0.29, 0.717) is 6.04 Å². The van der Waals surface area contributed by atoms with Gasteiger partial charge in [0.1, 0.15) is 11.7 Å². The fourth-order valence-corrected chi connectivity index (χ4v) is 8.91. The van der Waals surface area contributed by atoms with E-state index in [4.69, 9.17) is 4.74 Å². The molecule has 2 aromatic carbocycles. The zero-order valence-electron chi connectivity index (χ0n) is 20.3. The van der Waals surface area contributed by atoms with Crippen LogP contribution in [0.4, 0.5) is 0 Å². The van der Waals surface area contributed by atoms with Gasteiger partial charge in [0.15, 0.2) is 0 Å². The molecular weight excluding hydrogens is 436 g/mol. The lowest BCUT2D eigenvalue weighted by atomic mass is 9.78. The van der Waals surface area contributed by atoms with Crippen molar-refractivity contribution < 1.29 is 18.5 Å². The molecule has 0 aliphatic carbocycles. The normalized spacial score (nSPS) is 15.6. The van der Waals surface area contributed by atoms with Crippen LogP contribution in [-0.2, 0) is 25.1 Å². The molecule has 0 aromatic heterocycles. The molecule has 0 fully saturated rings. The SMILES string of the molecule is COC(=O)[C@@H](C(=O)C(C)C)[C@H](c1ccccc1)[C@H](C[Si](C)(C)C)[S@@](=O)c1ccc(C)cc1. The van der Waals surface area contributed by atoms with Crippen molar-refractivity contribution in [1.29, 1.82) is 0 Å². The Bertz CT molecular complexity index is 933. The monoisotopic (exact) mass is 472 g/mol. The van der Waals surface area contributed by atoms with Gasteiger partial charge >= 0.3 is 5.97 Å². The van der Waals surface area contributed by atoms with Crippen LogP contribution in [0.5, 0.6) is 0 Å². The average Bonchev–Trinajstić information content (AvgIpc) is 2.75. The van der Waals surface area contributed by atoms with Gasteiger partial charge in [-0.2, -0.15) is 0 Å². The van der Waals surface area contributed by atoms with E-state index in [2.05, 4.69) is 19.6 Å². The number of carbonyl (C=O) groups is 2. The molecule has 0 N–H and O–H groups in total. The molecule has 4 nitrogen and oxygen atoms in total. The summed E-state index contributed by atoms with van der Waals surface area (Å²) in [6.45, 7) is 12.3. The Kier molecular flexibility index (Phi) is 9.16. The third-order valence-corrected chi connectivity index (χ3v) is 9.32. The second-order valence-corrected chi connectivity index (χ2v) is 17.1. The third kappa shape index (κ3) is 6.72. The molecule has 0 amide bonds. The van der Waals surface area contributed by atoms with Gasteiger partial charge in [-0.15, -0.1) is 0 Å². The van der Waals surface area contributed by atoms with Crippen molar-refractivity contribution in [3.8, 4) is 0 Å². The summed E-state index contributed by atoms with van der Waals surface area (Å²) >= 11 is 0. The van der Waals surface area contributed by atoms with E-state index in [1.54, 1.807) is 13.8 Å². The molecule has 174 valence electrons. The maximum absolute atomic E-state index is 14.0. The number of Topliss-reactive ketones (excluding diaryl/α,β-unsaturated/α-hetero) is 1. The Morgan fingerprint density at radius 2 is 1.53 bits per heavy atom. The smallest absolute Gasteiger partial charge is 0.316 e. The first-order chi connectivity index (χ1) is 15.0. The van der Waals surface area contributed by atoms with Crippen molar-refractivity contribution in [1.82, 2.24) is 0 Å². The van der Waals surface area contributed by atoms with Crippen molar-refractivity contribution in [3.63, 3.8) is 0 Å². The topological polar surface area (TPSA) is 60.4 Å². The fraction of sp³-hybridized carbons (Fsp3) is 0.462. The van der Waals surface area contributed by atoms with Gasteiger partial charge in [0.2, 0.25) is 0 Å². The number of rotatable bonds is 10. The van der Waals surface area contributed by atoms with Gasteiger partial charge < -0.3 is 4.74 Å². The summed E-state index contributed by atoms with van der Waals surface area (Å²) < 4.78 is 19.1. The molecule has 2 rings (SSSR count). The van der Waals surface area contributed by atoms with E-state index in [1.807, 2.05) is 61.5 Å². The molecule has 0 saturated carbocycles. The largest absolute Gasteiger partial charge is 0.468 e. The van der Waals surface area contributed by atoms with Crippen LogP contribution in [0.1, 0.15) is 30.9 Å². The van der Waals surface area contributed by atoms with E-state index >= 15 is 0 Å². The lowest BCUT2D eigenvalue weighted by Crippen LogP contribution is -2.43. The lowest BCUT2D eigenvalue weighted by Gasteiger charge is -2.35. The highest BCUT2D eigenvalue weighted by molar-refractivity contribution is 7.85. The van der Waals surface area contributed by atoms with Gasteiger partial charge in [-0.05, 0) is 30.7 Å². The lowest BCUT2D eigenvalue weighted by molar-refractivity contribution is -0.151. The summed E-state index contributed by atoms with van der Waals surface area (Å²) in [5.41, 5.74) is 1.94. The molecule has 32 heavy (non-hydrogen) atoms. The molecule has 2 aromatic rings. The van der Waals surface area contributed by atoms with Gasteiger partial charge in [-0.1, -0.05) is 81.5 Å². The Balaban J connectivity index is 2.73. The van der Waals surface area contributed by atoms with Crippen LogP contribution < -0.4 is 0 Å². The quantitative estimate of drug-likeness (QED) is 0.256. The van der Waals surface area contributed by atoms with Crippen LogP contribution in [-0.4, -0.2) is 36.4 Å². The number of carbonyl (C=O) groups excluding carboxylic acids is 2. The van der Waals surface area contributed by atoms with Crippen molar-refractivity contribution >= 4 is 30.6 Å². The number of hydrogen-bond acceptors (Lipinski definition) is 4. The number of esters is 1. The summed E-state index contributed by atoms with van der Waals surface area (Å²) in [5.74, 6) is -2.61. The van der Waals surface area contributed by atoms with Crippen molar-refractivity contribution in [3.05, 3.63) is 65.7 Å². The van der Waals surface area contributed by atoms with Crippen LogP contribution in [0.25, 0.3) is 0 Å². The Labute approximate surface area is 196 Å². The first kappa shape index (κ1) is 26.2. The minimum Gasteiger partial charge on any atom is -0.468 e. The van der Waals surface area contributed by atoms with Gasteiger partial charge in [0, 0.05) is 30.1 Å². The van der Waals surface area contributed by atoms with Crippen molar-refractivity contribution in [2.45, 2.75) is 62.5 Å². The second-order valence-electron chi connectivity index (χ2n) is 9.91. The Hall–Kier alpha value is -2.05. The summed E-state index contributed by atoms with van der Waals surface area (Å²) in [4.78, 5) is 27.1. The Morgan fingerprint density at radius 3 is 2.00 bits per heavy atom. The summed E-state index contributed by atoms with van der Waals surface area (Å²) in [6.07, 6.45) is 0. The highest BCUT2D eigenvalue weighted by atomic mass is 32.2. The van der Waals surface area contributed by atoms with Gasteiger partial charge in [-0.25, -0.2) is 0 Å². The van der Waals surface area contributed by atoms with E-state index < -0.39 is 41.9 Å². The number of ketones is 1. The first-order valence-electron chi connectivity index (χ1n) is 11.1. The van der Waals surface area contributed by atoms with Crippen molar-refractivity contribution in [2.75, 3.05) is 7.11 Å². The van der Waals surface area contributed by atoms with Crippen LogP contribution >= 0.6 is 0 Å². The Morgan fingerprint density at radius 1 is 0.969 bits per heavy atom. The summed E-state index contributed by atoms with van der Waals surface area (Å²) in [7, 11) is -1.82. The molecule has 0 aliphatic heterocycles. The highest BCUT2D eigenvalue weighted by Gasteiger charge is 2.45. The molecule has 0 saturated heterocycles. The molecular formula is C26H36O4SSi. The molecule has 0 aliphatic rings. The van der Waals surface area contributed by atoms with Crippen LogP contribution in [0, 0.1) is 18.8 Å². The zero-order chi connectivity index (χ0) is 24.1. The molecule has 0 heterocycles. The maximum atomic E-state index is 14.0. The van der Waals surface area contributed by atoms with Crippen LogP contribution in [0.15, 0.2) is 59.5 Å². The molecule has 6 heteroatoms. The predicted molar refractivity (Wildman–Crippen MR) is 134 cm³/mol. The summed E-state index contributed by atoms with van der Waals surface area (Å²) in [6, 6.07) is 18.0. The minimum absolute atomic E-state index is 0.174. The van der Waals surface area contributed by atoms with Gasteiger partial charge in [0.05, 0.1) is 17.9 Å². The zero-order valence-corrected chi connectivity index (χ0v) is 22.1. The van der Waals surface area contributed by atoms with Crippen molar-refractivity contribution in [2.24, 2.45) is 11.8 Å². The second kappa shape index (κ2) is 11.2. The predicted octanol–water partition coefficient (Wildman–Crippen LogP) is 5.61. The van der Waals surface area contributed by atoms with E-state index in [-0.39, 0.29) is 11.7 Å². The number of hydrogen-bond donors (Lipinski definition) is 0. The standard InChI is InChI=1S/C26H36O4SSi/c1-18(2)25(27)24(26(28)30-4)23(20-11-9-8-10-12-20)22(17-32(5,6)7)31(29)21-15-13-19(3)14-16-21/h8-16,18,22-24H,17H2,1-7H3/t22-,23+,24+,31-/m0/s1. The van der Waals surface area contributed by atoms with E-state index in [9.17, 15) is 13.8 Å². The van der Waals surface area contributed by atoms with Crippen LogP contribution in [0.2, 0.25) is 25.7 Å². The molecule has 0 unspecified atom stereocenters. The first-order valence-corrected chi connectivity index (χ1v) is 16.0. The van der Waals surface area contributed by atoms with Gasteiger partial charge in [0.25, 0.3) is 0 Å². The summed E-state index contributed by atoms with van der Waals surface area (Å²) in [5, 5.41) is -0.390. The molecule has 0 bridgehead atoms. The fourth-order valence-electron chi connectivity index (χ4n) is 4.01. The molecule has 0 radical (unpaired) electrons. The number of ether oxygens (including phenoxy) is 1. The molecule has 0 spiro atoms. The number of benzene rings is 2.